The molecule has 3 aromatic carbocycles. The Morgan fingerprint density at radius 1 is 0.861 bits per heavy atom. The van der Waals surface area contributed by atoms with Gasteiger partial charge in [0, 0.05) is 18.7 Å². The van der Waals surface area contributed by atoms with Crippen molar-refractivity contribution in [2.75, 3.05) is 30.0 Å². The Morgan fingerprint density at radius 2 is 1.53 bits per heavy atom. The van der Waals surface area contributed by atoms with Crippen LogP contribution >= 0.6 is 0 Å². The van der Waals surface area contributed by atoms with Crippen molar-refractivity contribution >= 4 is 35.1 Å². The molecule has 3 amide bonds. The van der Waals surface area contributed by atoms with Gasteiger partial charge in [0.05, 0.1) is 5.69 Å². The maximum atomic E-state index is 13.7. The zero-order chi connectivity index (χ0) is 25.9. The van der Waals surface area contributed by atoms with Crippen LogP contribution in [-0.4, -0.2) is 43.4 Å². The molecule has 3 rings (SSSR count). The lowest BCUT2D eigenvalue weighted by atomic mass is 10.2. The number of halogens is 1. The number of anilines is 2. The molecule has 0 fully saturated rings. The van der Waals surface area contributed by atoms with Crippen LogP contribution < -0.4 is 20.7 Å². The van der Waals surface area contributed by atoms with Gasteiger partial charge in [-0.2, -0.15) is 0 Å². The van der Waals surface area contributed by atoms with Crippen LogP contribution in [0.15, 0.2) is 78.9 Å². The van der Waals surface area contributed by atoms with Gasteiger partial charge in [0.25, 0.3) is 11.8 Å². The van der Waals surface area contributed by atoms with Gasteiger partial charge >= 0.3 is 5.97 Å². The molecule has 0 saturated carbocycles. The highest BCUT2D eigenvalue weighted by Gasteiger charge is 2.21. The summed E-state index contributed by atoms with van der Waals surface area (Å²) in [6, 6.07) is 20.3. The second-order valence-electron chi connectivity index (χ2n) is 7.49. The van der Waals surface area contributed by atoms with Gasteiger partial charge in [-0.3, -0.25) is 14.4 Å². The SMILES string of the molecule is NC(=O)CCN(C(=O)COC(=O)c1ccccc1OCC(=O)Nc1ccccc1F)c1ccccc1. The number of primary amides is 1. The van der Waals surface area contributed by atoms with E-state index in [0.717, 1.165) is 0 Å². The van der Waals surface area contributed by atoms with E-state index in [0.29, 0.717) is 5.69 Å². The summed E-state index contributed by atoms with van der Waals surface area (Å²) in [5.74, 6) is -3.17. The lowest BCUT2D eigenvalue weighted by Crippen LogP contribution is -2.37. The van der Waals surface area contributed by atoms with Crippen molar-refractivity contribution in [1.29, 1.82) is 0 Å². The molecule has 0 saturated heterocycles. The molecule has 0 atom stereocenters. The largest absolute Gasteiger partial charge is 0.483 e. The molecular formula is C26H24FN3O6. The standard InChI is InChI=1S/C26H24FN3O6/c27-20-11-5-6-12-21(20)29-24(32)16-35-22-13-7-4-10-19(22)26(34)36-17-25(33)30(15-14-23(28)31)18-8-2-1-3-9-18/h1-13H,14-17H2,(H2,28,31)(H,29,32). The fourth-order valence-electron chi connectivity index (χ4n) is 3.16. The molecule has 3 aromatic rings. The number of benzene rings is 3. The molecular weight excluding hydrogens is 469 g/mol. The van der Waals surface area contributed by atoms with Gasteiger partial charge in [-0.1, -0.05) is 42.5 Å². The fourth-order valence-corrected chi connectivity index (χ4v) is 3.16. The van der Waals surface area contributed by atoms with Gasteiger partial charge in [-0.05, 0) is 36.4 Å². The normalized spacial score (nSPS) is 10.2. The van der Waals surface area contributed by atoms with E-state index in [2.05, 4.69) is 5.32 Å². The third kappa shape index (κ3) is 7.39. The van der Waals surface area contributed by atoms with Gasteiger partial charge < -0.3 is 25.4 Å². The Morgan fingerprint density at radius 3 is 2.25 bits per heavy atom. The minimum Gasteiger partial charge on any atom is -0.483 e. The van der Waals surface area contributed by atoms with Crippen LogP contribution in [-0.2, 0) is 19.1 Å². The molecule has 36 heavy (non-hydrogen) atoms. The first-order valence-corrected chi connectivity index (χ1v) is 10.9. The number of hydrogen-bond acceptors (Lipinski definition) is 6. The lowest BCUT2D eigenvalue weighted by molar-refractivity contribution is -0.122. The average Bonchev–Trinajstić information content (AvgIpc) is 2.88. The molecule has 0 aliphatic carbocycles. The zero-order valence-electron chi connectivity index (χ0n) is 19.2. The van der Waals surface area contributed by atoms with Crippen molar-refractivity contribution in [3.63, 3.8) is 0 Å². The first-order valence-electron chi connectivity index (χ1n) is 10.9. The topological polar surface area (TPSA) is 128 Å². The quantitative estimate of drug-likeness (QED) is 0.396. The van der Waals surface area contributed by atoms with E-state index in [-0.39, 0.29) is 30.0 Å². The minimum atomic E-state index is -0.851. The number of ether oxygens (including phenoxy) is 2. The Labute approximate surface area is 206 Å². The highest BCUT2D eigenvalue weighted by Crippen LogP contribution is 2.20. The van der Waals surface area contributed by atoms with E-state index < -0.39 is 42.7 Å². The summed E-state index contributed by atoms with van der Waals surface area (Å²) in [6.07, 6.45) is -0.0692. The van der Waals surface area contributed by atoms with E-state index in [1.165, 1.54) is 35.2 Å². The van der Waals surface area contributed by atoms with Crippen LogP contribution in [0.3, 0.4) is 0 Å². The van der Waals surface area contributed by atoms with Crippen LogP contribution in [0.25, 0.3) is 0 Å². The molecule has 0 spiro atoms. The summed E-state index contributed by atoms with van der Waals surface area (Å²) in [4.78, 5) is 50.1. The Balaban J connectivity index is 1.61. The molecule has 0 aromatic heterocycles. The van der Waals surface area contributed by atoms with Crippen LogP contribution in [0.2, 0.25) is 0 Å². The highest BCUT2D eigenvalue weighted by atomic mass is 19.1. The molecule has 0 aliphatic heterocycles. The first kappa shape index (κ1) is 25.9. The smallest absolute Gasteiger partial charge is 0.342 e. The lowest BCUT2D eigenvalue weighted by Gasteiger charge is -2.22. The molecule has 186 valence electrons. The van der Waals surface area contributed by atoms with Gasteiger partial charge in [-0.25, -0.2) is 9.18 Å². The van der Waals surface area contributed by atoms with Crippen LogP contribution in [0, 0.1) is 5.82 Å². The van der Waals surface area contributed by atoms with E-state index in [9.17, 15) is 23.6 Å². The van der Waals surface area contributed by atoms with Crippen molar-refractivity contribution in [2.24, 2.45) is 5.73 Å². The van der Waals surface area contributed by atoms with Crippen molar-refractivity contribution in [2.45, 2.75) is 6.42 Å². The molecule has 0 bridgehead atoms. The molecule has 10 heteroatoms. The Hall–Kier alpha value is -4.73. The summed E-state index contributed by atoms with van der Waals surface area (Å²) < 4.78 is 24.3. The number of rotatable bonds is 11. The van der Waals surface area contributed by atoms with Crippen LogP contribution in [0.5, 0.6) is 5.75 Å². The monoisotopic (exact) mass is 493 g/mol. The predicted molar refractivity (Wildman–Crippen MR) is 130 cm³/mol. The number of para-hydroxylation sites is 3. The predicted octanol–water partition coefficient (Wildman–Crippen LogP) is 2.91. The second kappa shape index (κ2) is 12.7. The summed E-state index contributed by atoms with van der Waals surface area (Å²) in [6.45, 7) is -1.08. The van der Waals surface area contributed by atoms with Crippen molar-refractivity contribution < 1.29 is 33.0 Å². The van der Waals surface area contributed by atoms with Crippen molar-refractivity contribution in [3.8, 4) is 5.75 Å². The van der Waals surface area contributed by atoms with E-state index >= 15 is 0 Å². The number of nitrogens with zero attached hydrogens (tertiary/aromatic N) is 1. The fraction of sp³-hybridized carbons (Fsp3) is 0.154. The van der Waals surface area contributed by atoms with Gasteiger partial charge in [0.2, 0.25) is 5.91 Å². The molecule has 9 nitrogen and oxygen atoms in total. The van der Waals surface area contributed by atoms with E-state index in [4.69, 9.17) is 15.2 Å². The highest BCUT2D eigenvalue weighted by molar-refractivity contribution is 5.98. The first-order chi connectivity index (χ1) is 17.3. The number of carbonyl (C=O) groups is 4. The number of amides is 3. The molecule has 0 aliphatic rings. The number of hydrogen-bond donors (Lipinski definition) is 2. The Kier molecular flexibility index (Phi) is 9.10. The zero-order valence-corrected chi connectivity index (χ0v) is 19.2. The Bertz CT molecular complexity index is 1240. The molecule has 0 heterocycles. The van der Waals surface area contributed by atoms with Crippen molar-refractivity contribution in [3.05, 3.63) is 90.2 Å². The third-order valence-electron chi connectivity index (χ3n) is 4.89. The van der Waals surface area contributed by atoms with Gasteiger partial charge in [0.1, 0.15) is 17.1 Å². The minimum absolute atomic E-state index is 0.00314. The maximum Gasteiger partial charge on any atom is 0.342 e. The number of esters is 1. The second-order valence-corrected chi connectivity index (χ2v) is 7.49. The van der Waals surface area contributed by atoms with Crippen molar-refractivity contribution in [1.82, 2.24) is 0 Å². The van der Waals surface area contributed by atoms with Gasteiger partial charge in [0.15, 0.2) is 13.2 Å². The summed E-state index contributed by atoms with van der Waals surface area (Å²) in [5.41, 5.74) is 5.72. The summed E-state index contributed by atoms with van der Waals surface area (Å²) in [7, 11) is 0. The number of carbonyl (C=O) groups excluding carboxylic acids is 4. The van der Waals surface area contributed by atoms with E-state index in [1.807, 2.05) is 0 Å². The average molecular weight is 493 g/mol. The van der Waals surface area contributed by atoms with E-state index in [1.54, 1.807) is 48.5 Å². The van der Waals surface area contributed by atoms with Crippen LogP contribution in [0.1, 0.15) is 16.8 Å². The number of nitrogens with two attached hydrogens (primary N) is 1. The van der Waals surface area contributed by atoms with Crippen LogP contribution in [0.4, 0.5) is 15.8 Å². The molecule has 0 radical (unpaired) electrons. The molecule has 0 unspecified atom stereocenters. The van der Waals surface area contributed by atoms with Gasteiger partial charge in [-0.15, -0.1) is 0 Å². The third-order valence-corrected chi connectivity index (χ3v) is 4.89. The summed E-state index contributed by atoms with van der Waals surface area (Å²) in [5, 5.41) is 2.38. The number of nitrogens with one attached hydrogen (secondary N) is 1. The molecule has 3 N–H and O–H groups in total. The summed E-state index contributed by atoms with van der Waals surface area (Å²) >= 11 is 0. The maximum absolute atomic E-state index is 13.7.